The zero-order valence-electron chi connectivity index (χ0n) is 16.6. The first-order valence-corrected chi connectivity index (χ1v) is 13.4. The maximum Gasteiger partial charge on any atom is 0.500 e. The number of carbonyl (C=O) groups excluding carboxylic acids is 1. The molecular formula is C16H37NO5Si2. The minimum atomic E-state index is -2.49. The van der Waals surface area contributed by atoms with Crippen molar-refractivity contribution in [1.82, 2.24) is 5.32 Å². The molecule has 0 radical (unpaired) electrons. The summed E-state index contributed by atoms with van der Waals surface area (Å²) >= 11 is 0. The van der Waals surface area contributed by atoms with Crippen molar-refractivity contribution in [2.24, 2.45) is 5.92 Å². The Balaban J connectivity index is 4.18. The molecule has 0 amide bonds. The van der Waals surface area contributed by atoms with Gasteiger partial charge in [0, 0.05) is 33.9 Å². The molecular weight excluding hydrogens is 342 g/mol. The van der Waals surface area contributed by atoms with Gasteiger partial charge in [-0.25, -0.2) is 0 Å². The van der Waals surface area contributed by atoms with Crippen LogP contribution in [0.15, 0.2) is 0 Å². The molecule has 6 nitrogen and oxygen atoms in total. The molecule has 0 aromatic heterocycles. The predicted molar refractivity (Wildman–Crippen MR) is 102 cm³/mol. The van der Waals surface area contributed by atoms with Crippen LogP contribution in [0.2, 0.25) is 24.2 Å². The second kappa shape index (κ2) is 12.2. The number of hydrogen-bond donors (Lipinski definition) is 1. The molecule has 1 unspecified atom stereocenters. The number of carbonyl (C=O) groups is 1. The van der Waals surface area contributed by atoms with Gasteiger partial charge >= 0.3 is 8.80 Å². The second-order valence-electron chi connectivity index (χ2n) is 6.17. The van der Waals surface area contributed by atoms with Crippen molar-refractivity contribution in [2.45, 2.75) is 58.3 Å². The molecule has 0 fully saturated rings. The van der Waals surface area contributed by atoms with Gasteiger partial charge in [0.15, 0.2) is 0 Å². The lowest BCUT2D eigenvalue weighted by atomic mass is 10.2. The molecule has 0 aliphatic heterocycles. The summed E-state index contributed by atoms with van der Waals surface area (Å²) in [6.07, 6.45) is 0.876. The fourth-order valence-electron chi connectivity index (χ4n) is 2.67. The maximum absolute atomic E-state index is 12.3. The summed E-state index contributed by atoms with van der Waals surface area (Å²) in [4.78, 5) is 12.3. The smallest absolute Gasteiger partial charge is 0.500 e. The molecule has 1 atom stereocenters. The highest BCUT2D eigenvalue weighted by Crippen LogP contribution is 2.23. The van der Waals surface area contributed by atoms with Crippen LogP contribution >= 0.6 is 0 Å². The molecule has 8 heteroatoms. The van der Waals surface area contributed by atoms with Crippen LogP contribution in [0, 0.1) is 5.92 Å². The Labute approximate surface area is 150 Å². The molecule has 0 spiro atoms. The third-order valence-corrected chi connectivity index (χ3v) is 12.2. The molecule has 0 aromatic rings. The van der Waals surface area contributed by atoms with Crippen LogP contribution in [-0.4, -0.2) is 57.5 Å². The zero-order chi connectivity index (χ0) is 18.6. The van der Waals surface area contributed by atoms with E-state index in [-0.39, 0.29) is 11.9 Å². The molecule has 0 aromatic carbocycles. The highest BCUT2D eigenvalue weighted by atomic mass is 28.4. The van der Waals surface area contributed by atoms with Gasteiger partial charge in [0.05, 0.1) is 5.92 Å². The highest BCUT2D eigenvalue weighted by molar-refractivity contribution is 6.74. The summed E-state index contributed by atoms with van der Waals surface area (Å²) < 4.78 is 22.1. The van der Waals surface area contributed by atoms with Gasteiger partial charge in [-0.15, -0.1) is 0 Å². The first kappa shape index (κ1) is 23.7. The first-order valence-electron chi connectivity index (χ1n) is 8.97. The third kappa shape index (κ3) is 7.32. The average Bonchev–Trinajstić information content (AvgIpc) is 2.63. The van der Waals surface area contributed by atoms with Gasteiger partial charge in [0.1, 0.15) is 0 Å². The Morgan fingerprint density at radius 3 is 1.92 bits per heavy atom. The number of nitrogens with one attached hydrogen (secondary N) is 1. The van der Waals surface area contributed by atoms with Gasteiger partial charge in [-0.05, 0) is 31.1 Å². The molecule has 0 bridgehead atoms. The molecule has 1 N–H and O–H groups in total. The molecule has 0 saturated heterocycles. The normalized spacial score (nSPS) is 13.8. The summed E-state index contributed by atoms with van der Waals surface area (Å²) in [5.41, 5.74) is 0. The number of hydrogen-bond acceptors (Lipinski definition) is 6. The quantitative estimate of drug-likeness (QED) is 0.370. The van der Waals surface area contributed by atoms with Crippen molar-refractivity contribution < 1.29 is 22.5 Å². The van der Waals surface area contributed by atoms with Crippen LogP contribution in [0.5, 0.6) is 0 Å². The van der Waals surface area contributed by atoms with Crippen LogP contribution in [0.4, 0.5) is 0 Å². The van der Waals surface area contributed by atoms with Crippen LogP contribution in [-0.2, 0) is 22.5 Å². The van der Waals surface area contributed by atoms with E-state index < -0.39 is 17.1 Å². The Kier molecular flexibility index (Phi) is 12.0. The largest absolute Gasteiger partial charge is 0.519 e. The minimum Gasteiger partial charge on any atom is -0.519 e. The SMILES string of the molecule is CC[Si](CC)(CC)OC(=O)C(C)CNCCC[Si](OC)(OC)OC. The van der Waals surface area contributed by atoms with Crippen molar-refractivity contribution in [3.63, 3.8) is 0 Å². The van der Waals surface area contributed by atoms with Gasteiger partial charge in [-0.1, -0.05) is 27.7 Å². The Hall–Kier alpha value is -0.256. The van der Waals surface area contributed by atoms with E-state index >= 15 is 0 Å². The Morgan fingerprint density at radius 2 is 1.50 bits per heavy atom. The van der Waals surface area contributed by atoms with Crippen LogP contribution in [0.25, 0.3) is 0 Å². The van der Waals surface area contributed by atoms with Gasteiger partial charge < -0.3 is 23.0 Å². The second-order valence-corrected chi connectivity index (χ2v) is 14.0. The minimum absolute atomic E-state index is 0.0610. The van der Waals surface area contributed by atoms with Crippen LogP contribution < -0.4 is 5.32 Å². The lowest BCUT2D eigenvalue weighted by Gasteiger charge is -2.29. The highest BCUT2D eigenvalue weighted by Gasteiger charge is 2.37. The van der Waals surface area contributed by atoms with E-state index in [1.807, 2.05) is 6.92 Å². The Morgan fingerprint density at radius 1 is 1.00 bits per heavy atom. The summed E-state index contributed by atoms with van der Waals surface area (Å²) in [6, 6.07) is 3.72. The molecule has 144 valence electrons. The standard InChI is InChI=1S/C16H37NO5Si2/c1-8-23(9-2,10-3)22-16(18)15(4)14-17-12-11-13-24(19-5,20-6)21-7/h15,17H,8-14H2,1-7H3. The van der Waals surface area contributed by atoms with Crippen molar-refractivity contribution >= 4 is 23.1 Å². The number of rotatable bonds is 14. The fourth-order valence-corrected chi connectivity index (χ4v) is 6.95. The molecule has 24 heavy (non-hydrogen) atoms. The van der Waals surface area contributed by atoms with Crippen molar-refractivity contribution in [3.8, 4) is 0 Å². The zero-order valence-corrected chi connectivity index (χ0v) is 18.6. The molecule has 0 saturated carbocycles. The van der Waals surface area contributed by atoms with Crippen molar-refractivity contribution in [2.75, 3.05) is 34.4 Å². The third-order valence-electron chi connectivity index (χ3n) is 4.87. The average molecular weight is 380 g/mol. The summed E-state index contributed by atoms with van der Waals surface area (Å²) in [6.45, 7) is 9.74. The van der Waals surface area contributed by atoms with E-state index in [2.05, 4.69) is 26.1 Å². The van der Waals surface area contributed by atoms with Crippen LogP contribution in [0.1, 0.15) is 34.1 Å². The van der Waals surface area contributed by atoms with E-state index in [9.17, 15) is 4.79 Å². The van der Waals surface area contributed by atoms with Gasteiger partial charge in [0.2, 0.25) is 0 Å². The van der Waals surface area contributed by atoms with Crippen molar-refractivity contribution in [3.05, 3.63) is 0 Å². The maximum atomic E-state index is 12.3. The van der Waals surface area contributed by atoms with E-state index in [1.54, 1.807) is 21.3 Å². The van der Waals surface area contributed by atoms with Gasteiger partial charge in [0.25, 0.3) is 14.3 Å². The molecule has 0 aliphatic carbocycles. The Bertz CT molecular complexity index is 333. The predicted octanol–water partition coefficient (Wildman–Crippen LogP) is 3.03. The van der Waals surface area contributed by atoms with Crippen molar-refractivity contribution in [1.29, 1.82) is 0 Å². The lowest BCUT2D eigenvalue weighted by molar-refractivity contribution is -0.139. The van der Waals surface area contributed by atoms with E-state index in [0.29, 0.717) is 6.54 Å². The van der Waals surface area contributed by atoms with Gasteiger partial charge in [-0.3, -0.25) is 4.79 Å². The van der Waals surface area contributed by atoms with Crippen LogP contribution in [0.3, 0.4) is 0 Å². The lowest BCUT2D eigenvalue weighted by Crippen LogP contribution is -2.43. The van der Waals surface area contributed by atoms with E-state index in [4.69, 9.17) is 17.7 Å². The monoisotopic (exact) mass is 379 g/mol. The molecule has 0 aliphatic rings. The topological polar surface area (TPSA) is 66.0 Å². The first-order chi connectivity index (χ1) is 11.4. The summed E-state index contributed by atoms with van der Waals surface area (Å²) in [5.74, 6) is -0.190. The van der Waals surface area contributed by atoms with E-state index in [1.165, 1.54) is 0 Å². The van der Waals surface area contributed by atoms with E-state index in [0.717, 1.165) is 37.1 Å². The fraction of sp³-hybridized carbons (Fsp3) is 0.938. The molecule has 0 heterocycles. The summed E-state index contributed by atoms with van der Waals surface area (Å²) in [5, 5.41) is 3.32. The summed E-state index contributed by atoms with van der Waals surface area (Å²) in [7, 11) is 0.516. The van der Waals surface area contributed by atoms with Gasteiger partial charge in [-0.2, -0.15) is 0 Å². The molecule has 0 rings (SSSR count).